The van der Waals surface area contributed by atoms with Crippen molar-refractivity contribution in [3.8, 4) is 0 Å². The molecule has 5 heteroatoms. The highest BCUT2D eigenvalue weighted by molar-refractivity contribution is 5.76. The van der Waals surface area contributed by atoms with Crippen LogP contribution in [0.25, 0.3) is 0 Å². The van der Waals surface area contributed by atoms with Crippen molar-refractivity contribution in [2.24, 2.45) is 0 Å². The van der Waals surface area contributed by atoms with Crippen LogP contribution < -0.4 is 10.9 Å². The van der Waals surface area contributed by atoms with Crippen LogP contribution in [0.15, 0.2) is 0 Å². The Morgan fingerprint density at radius 1 is 1.17 bits per heavy atom. The molecule has 0 aliphatic heterocycles. The lowest BCUT2D eigenvalue weighted by Crippen LogP contribution is -2.43. The molecule has 0 radical (unpaired) electrons. The van der Waals surface area contributed by atoms with E-state index in [2.05, 4.69) is 10.9 Å². The van der Waals surface area contributed by atoms with E-state index < -0.39 is 11.7 Å². The Bertz CT molecular complexity index is 184. The highest BCUT2D eigenvalue weighted by atomic mass is 16.6. The zero-order chi connectivity index (χ0) is 9.78. The summed E-state index contributed by atoms with van der Waals surface area (Å²) in [4.78, 5) is 21.1. The van der Waals surface area contributed by atoms with Gasteiger partial charge in [-0.15, -0.1) is 0 Å². The highest BCUT2D eigenvalue weighted by Crippen LogP contribution is 2.05. The lowest BCUT2D eigenvalue weighted by Gasteiger charge is -2.19. The molecule has 0 spiro atoms. The van der Waals surface area contributed by atoms with Crippen molar-refractivity contribution in [2.45, 2.75) is 33.3 Å². The molecule has 70 valence electrons. The van der Waals surface area contributed by atoms with Crippen LogP contribution >= 0.6 is 0 Å². The van der Waals surface area contributed by atoms with Crippen LogP contribution in [0.3, 0.4) is 0 Å². The summed E-state index contributed by atoms with van der Waals surface area (Å²) in [6.45, 7) is 6.50. The molecule has 12 heavy (non-hydrogen) atoms. The second-order valence-corrected chi connectivity index (χ2v) is 3.31. The van der Waals surface area contributed by atoms with Gasteiger partial charge in [-0.25, -0.2) is 10.2 Å². The molecule has 0 saturated carbocycles. The van der Waals surface area contributed by atoms with Crippen molar-refractivity contribution in [2.75, 3.05) is 0 Å². The first-order chi connectivity index (χ1) is 5.31. The van der Waals surface area contributed by atoms with Gasteiger partial charge in [-0.05, 0) is 20.8 Å². The maximum atomic E-state index is 10.8. The summed E-state index contributed by atoms with van der Waals surface area (Å²) in [5.74, 6) is -0.346. The highest BCUT2D eigenvalue weighted by Gasteiger charge is 2.15. The lowest BCUT2D eigenvalue weighted by atomic mass is 10.2. The zero-order valence-electron chi connectivity index (χ0n) is 7.72. The quantitative estimate of drug-likeness (QED) is 0.527. The molecule has 0 heterocycles. The van der Waals surface area contributed by atoms with Crippen molar-refractivity contribution in [3.63, 3.8) is 0 Å². The minimum absolute atomic E-state index is 0.346. The molecular formula is C7H14N2O3. The van der Waals surface area contributed by atoms with Crippen LogP contribution in [0.4, 0.5) is 4.79 Å². The van der Waals surface area contributed by atoms with Gasteiger partial charge >= 0.3 is 6.09 Å². The number of carbonyl (C=O) groups is 2. The third-order valence-electron chi connectivity index (χ3n) is 0.739. The molecule has 0 rings (SSSR count). The van der Waals surface area contributed by atoms with E-state index in [1.165, 1.54) is 6.92 Å². The van der Waals surface area contributed by atoms with Crippen LogP contribution in [-0.4, -0.2) is 17.6 Å². The molecule has 0 atom stereocenters. The topological polar surface area (TPSA) is 67.4 Å². The fraction of sp³-hybridized carbons (Fsp3) is 0.714. The van der Waals surface area contributed by atoms with E-state index in [4.69, 9.17) is 4.74 Å². The predicted molar refractivity (Wildman–Crippen MR) is 43.2 cm³/mol. The van der Waals surface area contributed by atoms with Gasteiger partial charge in [0.25, 0.3) is 0 Å². The van der Waals surface area contributed by atoms with E-state index >= 15 is 0 Å². The minimum Gasteiger partial charge on any atom is -0.443 e. The van der Waals surface area contributed by atoms with Gasteiger partial charge in [0.05, 0.1) is 0 Å². The molecule has 5 nitrogen and oxygen atoms in total. The van der Waals surface area contributed by atoms with Crippen molar-refractivity contribution in [1.82, 2.24) is 10.9 Å². The number of hydrogen-bond donors (Lipinski definition) is 2. The summed E-state index contributed by atoms with van der Waals surface area (Å²) in [5, 5.41) is 0. The van der Waals surface area contributed by atoms with E-state index in [0.717, 1.165) is 0 Å². The van der Waals surface area contributed by atoms with E-state index in [-0.39, 0.29) is 5.91 Å². The number of carbonyl (C=O) groups excluding carboxylic acids is 2. The second-order valence-electron chi connectivity index (χ2n) is 3.31. The Morgan fingerprint density at radius 3 is 2.00 bits per heavy atom. The number of ether oxygens (including phenoxy) is 1. The molecule has 0 unspecified atom stereocenters. The van der Waals surface area contributed by atoms with E-state index in [9.17, 15) is 9.59 Å². The molecule has 0 aliphatic carbocycles. The first kappa shape index (κ1) is 10.7. The molecular weight excluding hydrogens is 160 g/mol. The maximum absolute atomic E-state index is 10.8. The molecule has 2 N–H and O–H groups in total. The van der Waals surface area contributed by atoms with Crippen LogP contribution in [0.1, 0.15) is 27.7 Å². The SMILES string of the molecule is CC(=O)NNC(=O)OC(C)(C)C. The standard InChI is InChI=1S/C7H14N2O3/c1-5(10)8-9-6(11)12-7(2,3)4/h1-4H3,(H,8,10)(H,9,11). The number of hydrazine groups is 1. The van der Waals surface area contributed by atoms with Gasteiger partial charge in [-0.1, -0.05) is 0 Å². The Hall–Kier alpha value is -1.26. The summed E-state index contributed by atoms with van der Waals surface area (Å²) in [7, 11) is 0. The van der Waals surface area contributed by atoms with Crippen LogP contribution in [-0.2, 0) is 9.53 Å². The van der Waals surface area contributed by atoms with Gasteiger partial charge in [-0.3, -0.25) is 10.2 Å². The first-order valence-corrected chi connectivity index (χ1v) is 3.57. The van der Waals surface area contributed by atoms with Gasteiger partial charge in [0.1, 0.15) is 5.60 Å². The zero-order valence-corrected chi connectivity index (χ0v) is 7.72. The summed E-state index contributed by atoms with van der Waals surface area (Å²) in [6, 6.07) is 0. The van der Waals surface area contributed by atoms with E-state index in [0.29, 0.717) is 0 Å². The fourth-order valence-corrected chi connectivity index (χ4v) is 0.443. The van der Waals surface area contributed by atoms with Gasteiger partial charge in [0.15, 0.2) is 0 Å². The van der Waals surface area contributed by atoms with Crippen molar-refractivity contribution in [3.05, 3.63) is 0 Å². The molecule has 0 aromatic carbocycles. The monoisotopic (exact) mass is 174 g/mol. The number of amides is 2. The summed E-state index contributed by atoms with van der Waals surface area (Å²) >= 11 is 0. The Labute approximate surface area is 71.4 Å². The molecule has 0 aromatic rings. The normalized spacial score (nSPS) is 10.3. The summed E-state index contributed by atoms with van der Waals surface area (Å²) < 4.78 is 4.82. The average molecular weight is 174 g/mol. The number of rotatable bonds is 0. The van der Waals surface area contributed by atoms with Crippen molar-refractivity contribution >= 4 is 12.0 Å². The van der Waals surface area contributed by atoms with Gasteiger partial charge in [-0.2, -0.15) is 0 Å². The predicted octanol–water partition coefficient (Wildman–Crippen LogP) is 0.562. The Kier molecular flexibility index (Phi) is 3.53. The van der Waals surface area contributed by atoms with Crippen LogP contribution in [0.5, 0.6) is 0 Å². The van der Waals surface area contributed by atoms with Crippen LogP contribution in [0.2, 0.25) is 0 Å². The number of nitrogens with one attached hydrogen (secondary N) is 2. The third-order valence-corrected chi connectivity index (χ3v) is 0.739. The molecule has 0 bridgehead atoms. The average Bonchev–Trinajstić information content (AvgIpc) is 1.79. The Morgan fingerprint density at radius 2 is 1.67 bits per heavy atom. The van der Waals surface area contributed by atoms with Gasteiger partial charge in [0, 0.05) is 6.92 Å². The molecule has 0 aliphatic rings. The van der Waals surface area contributed by atoms with Gasteiger partial charge < -0.3 is 4.74 Å². The molecule has 0 saturated heterocycles. The second kappa shape index (κ2) is 3.94. The first-order valence-electron chi connectivity index (χ1n) is 3.57. The van der Waals surface area contributed by atoms with Gasteiger partial charge in [0.2, 0.25) is 5.91 Å². The maximum Gasteiger partial charge on any atom is 0.426 e. The number of hydrogen-bond acceptors (Lipinski definition) is 3. The largest absolute Gasteiger partial charge is 0.443 e. The van der Waals surface area contributed by atoms with E-state index in [1.54, 1.807) is 20.8 Å². The van der Waals surface area contributed by atoms with Crippen molar-refractivity contribution in [1.29, 1.82) is 0 Å². The van der Waals surface area contributed by atoms with E-state index in [1.807, 2.05) is 0 Å². The minimum atomic E-state index is -0.669. The Balaban J connectivity index is 3.68. The van der Waals surface area contributed by atoms with Crippen molar-refractivity contribution < 1.29 is 14.3 Å². The summed E-state index contributed by atoms with van der Waals surface area (Å²) in [5.41, 5.74) is 3.63. The summed E-state index contributed by atoms with van der Waals surface area (Å²) in [6.07, 6.45) is -0.669. The van der Waals surface area contributed by atoms with Crippen LogP contribution in [0, 0.1) is 0 Å². The fourth-order valence-electron chi connectivity index (χ4n) is 0.443. The smallest absolute Gasteiger partial charge is 0.426 e. The molecule has 0 aromatic heterocycles. The molecule has 2 amide bonds. The molecule has 0 fully saturated rings. The lowest BCUT2D eigenvalue weighted by molar-refractivity contribution is -0.119. The third kappa shape index (κ3) is 6.85.